The Balaban J connectivity index is 3.54. The molecule has 0 bridgehead atoms. The maximum absolute atomic E-state index is 14.0. The highest BCUT2D eigenvalue weighted by Crippen LogP contribution is 2.25. The average molecular weight is 316 g/mol. The van der Waals surface area contributed by atoms with Crippen molar-refractivity contribution in [1.29, 1.82) is 0 Å². The Morgan fingerprint density at radius 3 is 2.52 bits per heavy atom. The molecule has 0 heterocycles. The van der Waals surface area contributed by atoms with Crippen LogP contribution < -0.4 is 5.73 Å². The molecule has 0 aliphatic rings. The van der Waals surface area contributed by atoms with Gasteiger partial charge in [0, 0.05) is 19.2 Å². The van der Waals surface area contributed by atoms with Gasteiger partial charge in [0.2, 0.25) is 10.0 Å². The Morgan fingerprint density at radius 1 is 1.38 bits per heavy atom. The molecule has 0 amide bonds. The van der Waals surface area contributed by atoms with Gasteiger partial charge >= 0.3 is 0 Å². The topological polar surface area (TPSA) is 63.4 Å². The first-order chi connectivity index (χ1) is 9.75. The minimum absolute atomic E-state index is 0.0428. The van der Waals surface area contributed by atoms with Gasteiger partial charge in [-0.05, 0) is 19.4 Å². The molecule has 1 aromatic carbocycles. The Hall–Kier alpha value is -1.49. The van der Waals surface area contributed by atoms with E-state index < -0.39 is 26.6 Å². The molecule has 0 radical (unpaired) electrons. The molecule has 1 unspecified atom stereocenters. The van der Waals surface area contributed by atoms with Crippen LogP contribution in [0, 0.1) is 23.5 Å². The minimum Gasteiger partial charge on any atom is -0.320 e. The fourth-order valence-electron chi connectivity index (χ4n) is 1.70. The van der Waals surface area contributed by atoms with Crippen LogP contribution in [0.5, 0.6) is 0 Å². The average Bonchev–Trinajstić information content (AvgIpc) is 2.42. The molecule has 4 nitrogen and oxygen atoms in total. The van der Waals surface area contributed by atoms with Gasteiger partial charge < -0.3 is 5.73 Å². The zero-order chi connectivity index (χ0) is 16.2. The van der Waals surface area contributed by atoms with Gasteiger partial charge in [0.1, 0.15) is 16.5 Å². The number of halogens is 2. The van der Waals surface area contributed by atoms with Crippen LogP contribution in [0.1, 0.15) is 25.8 Å². The van der Waals surface area contributed by atoms with Gasteiger partial charge in [0.05, 0.1) is 12.1 Å². The van der Waals surface area contributed by atoms with E-state index in [-0.39, 0.29) is 18.2 Å². The molecule has 0 fully saturated rings. The number of hydrogen-bond acceptors (Lipinski definition) is 3. The van der Waals surface area contributed by atoms with Crippen molar-refractivity contribution in [3.8, 4) is 11.8 Å². The number of benzene rings is 1. The molecule has 116 valence electrons. The van der Waals surface area contributed by atoms with E-state index in [1.807, 2.05) is 6.92 Å². The summed E-state index contributed by atoms with van der Waals surface area (Å²) in [7, 11) is -2.76. The summed E-state index contributed by atoms with van der Waals surface area (Å²) >= 11 is 0. The Labute approximate surface area is 124 Å². The molecule has 1 atom stereocenters. The van der Waals surface area contributed by atoms with Crippen molar-refractivity contribution in [3.05, 3.63) is 29.3 Å². The molecular weight excluding hydrogens is 298 g/mol. The summed E-state index contributed by atoms with van der Waals surface area (Å²) in [4.78, 5) is -0.618. The van der Waals surface area contributed by atoms with E-state index in [0.29, 0.717) is 12.5 Å². The number of hydrogen-bond donors (Lipinski definition) is 1. The molecule has 7 heteroatoms. The molecule has 0 saturated heterocycles. The molecular formula is C14H18F2N2O2S. The fourth-order valence-corrected chi connectivity index (χ4v) is 3.30. The zero-order valence-corrected chi connectivity index (χ0v) is 13.0. The fraction of sp³-hybridized carbons (Fsp3) is 0.429. The summed E-state index contributed by atoms with van der Waals surface area (Å²) in [6.45, 7) is 3.47. The van der Waals surface area contributed by atoms with E-state index in [4.69, 9.17) is 5.73 Å². The van der Waals surface area contributed by atoms with Gasteiger partial charge in [0.15, 0.2) is 0 Å². The second kappa shape index (κ2) is 6.98. The largest absolute Gasteiger partial charge is 0.320 e. The lowest BCUT2D eigenvalue weighted by atomic mass is 10.2. The molecule has 0 aromatic heterocycles. The molecule has 0 aliphatic carbocycles. The normalized spacial score (nSPS) is 12.9. The van der Waals surface area contributed by atoms with Crippen LogP contribution in [0.15, 0.2) is 17.0 Å². The molecule has 0 saturated carbocycles. The zero-order valence-electron chi connectivity index (χ0n) is 12.2. The van der Waals surface area contributed by atoms with Crippen LogP contribution in [-0.2, 0) is 10.0 Å². The van der Waals surface area contributed by atoms with Crippen LogP contribution in [0.4, 0.5) is 8.78 Å². The summed E-state index contributed by atoms with van der Waals surface area (Å²) in [5.74, 6) is 2.78. The lowest BCUT2D eigenvalue weighted by Gasteiger charge is -2.24. The predicted molar refractivity (Wildman–Crippen MR) is 77.0 cm³/mol. The SMILES string of the molecule is CCC(C)N(C)S(=O)(=O)c1c(F)cc(F)cc1C#CCN. The van der Waals surface area contributed by atoms with Crippen molar-refractivity contribution in [1.82, 2.24) is 4.31 Å². The summed E-state index contributed by atoms with van der Waals surface area (Å²) in [6, 6.07) is 1.10. The Bertz CT molecular complexity index is 678. The Kier molecular flexibility index (Phi) is 5.84. The van der Waals surface area contributed by atoms with Crippen LogP contribution in [-0.4, -0.2) is 32.4 Å². The van der Waals surface area contributed by atoms with E-state index >= 15 is 0 Å². The molecule has 21 heavy (non-hydrogen) atoms. The van der Waals surface area contributed by atoms with E-state index in [9.17, 15) is 17.2 Å². The van der Waals surface area contributed by atoms with E-state index in [2.05, 4.69) is 11.8 Å². The minimum atomic E-state index is -4.11. The highest BCUT2D eigenvalue weighted by Gasteiger charge is 2.30. The number of rotatable bonds is 4. The molecule has 1 rings (SSSR count). The third-order valence-corrected chi connectivity index (χ3v) is 5.23. The van der Waals surface area contributed by atoms with Gasteiger partial charge in [-0.3, -0.25) is 0 Å². The smallest absolute Gasteiger partial charge is 0.247 e. The number of nitrogens with two attached hydrogens (primary N) is 1. The van der Waals surface area contributed by atoms with Crippen molar-refractivity contribution >= 4 is 10.0 Å². The first-order valence-electron chi connectivity index (χ1n) is 6.41. The number of nitrogens with zero attached hydrogens (tertiary/aromatic N) is 1. The molecule has 1 aromatic rings. The van der Waals surface area contributed by atoms with Crippen LogP contribution in [0.3, 0.4) is 0 Å². The third-order valence-electron chi connectivity index (χ3n) is 3.18. The molecule has 0 aliphatic heterocycles. The first kappa shape index (κ1) is 17.6. The first-order valence-corrected chi connectivity index (χ1v) is 7.85. The van der Waals surface area contributed by atoms with Gasteiger partial charge in [-0.15, -0.1) is 0 Å². The highest BCUT2D eigenvalue weighted by atomic mass is 32.2. The van der Waals surface area contributed by atoms with Crippen molar-refractivity contribution in [3.63, 3.8) is 0 Å². The monoisotopic (exact) mass is 316 g/mol. The summed E-state index contributed by atoms with van der Waals surface area (Å²) in [5.41, 5.74) is 4.99. The van der Waals surface area contributed by atoms with Gasteiger partial charge in [-0.25, -0.2) is 17.2 Å². The highest BCUT2D eigenvalue weighted by molar-refractivity contribution is 7.89. The van der Waals surface area contributed by atoms with E-state index in [1.54, 1.807) is 6.92 Å². The molecule has 0 spiro atoms. The second-order valence-corrected chi connectivity index (χ2v) is 6.48. The maximum atomic E-state index is 14.0. The van der Waals surface area contributed by atoms with Crippen molar-refractivity contribution in [2.45, 2.75) is 31.2 Å². The van der Waals surface area contributed by atoms with Crippen molar-refractivity contribution in [2.24, 2.45) is 5.73 Å². The predicted octanol–water partition coefficient (Wildman–Crippen LogP) is 1.69. The molecule has 2 N–H and O–H groups in total. The van der Waals surface area contributed by atoms with Gasteiger partial charge in [-0.2, -0.15) is 4.31 Å². The quantitative estimate of drug-likeness (QED) is 0.860. The van der Waals surface area contributed by atoms with Gasteiger partial charge in [-0.1, -0.05) is 18.8 Å². The number of sulfonamides is 1. The summed E-state index contributed by atoms with van der Waals surface area (Å²) < 4.78 is 53.4. The van der Waals surface area contributed by atoms with Crippen molar-refractivity contribution in [2.75, 3.05) is 13.6 Å². The van der Waals surface area contributed by atoms with Crippen molar-refractivity contribution < 1.29 is 17.2 Å². The third kappa shape index (κ3) is 3.79. The van der Waals surface area contributed by atoms with Crippen LogP contribution in [0.25, 0.3) is 0 Å². The van der Waals surface area contributed by atoms with E-state index in [1.165, 1.54) is 7.05 Å². The standard InChI is InChI=1S/C14H18F2N2O2S/c1-4-10(2)18(3)21(19,20)14-11(6-5-7-17)8-12(15)9-13(14)16/h8-10H,4,7,17H2,1-3H3. The summed E-state index contributed by atoms with van der Waals surface area (Å²) in [6.07, 6.45) is 0.558. The summed E-state index contributed by atoms with van der Waals surface area (Å²) in [5, 5.41) is 0. The van der Waals surface area contributed by atoms with E-state index in [0.717, 1.165) is 10.4 Å². The maximum Gasteiger partial charge on any atom is 0.247 e. The lowest BCUT2D eigenvalue weighted by molar-refractivity contribution is 0.378. The van der Waals surface area contributed by atoms with Crippen LogP contribution >= 0.6 is 0 Å². The van der Waals surface area contributed by atoms with Crippen LogP contribution in [0.2, 0.25) is 0 Å². The Morgan fingerprint density at radius 2 is 2.00 bits per heavy atom. The lowest BCUT2D eigenvalue weighted by Crippen LogP contribution is -2.35. The van der Waals surface area contributed by atoms with Gasteiger partial charge in [0.25, 0.3) is 0 Å². The second-order valence-electron chi connectivity index (χ2n) is 4.55.